The Kier molecular flexibility index (Phi) is 5.50. The molecule has 188 valence electrons. The van der Waals surface area contributed by atoms with Crippen LogP contribution in [0.3, 0.4) is 0 Å². The van der Waals surface area contributed by atoms with Gasteiger partial charge in [0.15, 0.2) is 0 Å². The zero-order chi connectivity index (χ0) is 25.2. The standard InChI is InChI=1S/C33H23N5.Pt/c1-36-19-18-35-32(36)22-8-6-9-23(20-22)37-29-13-4-2-10-25(29)27-16-15-24(21-31(27)37)38-30-14-5-3-11-26(30)28-12-7-17-34-33(28)38;/h2-21H,1H3;/q;+2. The van der Waals surface area contributed by atoms with Gasteiger partial charge in [0.05, 0.1) is 16.6 Å². The zero-order valence-electron chi connectivity index (χ0n) is 21.1. The number of rotatable bonds is 3. The van der Waals surface area contributed by atoms with E-state index in [4.69, 9.17) is 4.98 Å². The number of aryl methyl sites for hydroxylation is 1. The summed E-state index contributed by atoms with van der Waals surface area (Å²) in [6, 6.07) is 36.7. The minimum Gasteiger partial charge on any atom is -0.334 e. The van der Waals surface area contributed by atoms with Crippen molar-refractivity contribution in [1.29, 1.82) is 0 Å². The second kappa shape index (κ2) is 9.07. The molecule has 0 atom stereocenters. The van der Waals surface area contributed by atoms with Crippen molar-refractivity contribution in [3.63, 3.8) is 0 Å². The van der Waals surface area contributed by atoms with Crippen molar-refractivity contribution in [3.8, 4) is 22.8 Å². The van der Waals surface area contributed by atoms with E-state index < -0.39 is 0 Å². The fraction of sp³-hybridized carbons (Fsp3) is 0.0303. The van der Waals surface area contributed by atoms with Crippen molar-refractivity contribution in [3.05, 3.63) is 122 Å². The van der Waals surface area contributed by atoms with Gasteiger partial charge in [0.1, 0.15) is 11.5 Å². The third-order valence-corrected chi connectivity index (χ3v) is 7.53. The van der Waals surface area contributed by atoms with Crippen LogP contribution in [0.1, 0.15) is 0 Å². The van der Waals surface area contributed by atoms with E-state index in [-0.39, 0.29) is 21.1 Å². The first-order valence-corrected chi connectivity index (χ1v) is 12.7. The summed E-state index contributed by atoms with van der Waals surface area (Å²) in [5, 5.41) is 4.82. The predicted molar refractivity (Wildman–Crippen MR) is 155 cm³/mol. The Labute approximate surface area is 239 Å². The van der Waals surface area contributed by atoms with E-state index in [1.165, 1.54) is 21.7 Å². The van der Waals surface area contributed by atoms with Gasteiger partial charge in [-0.1, -0.05) is 54.6 Å². The number of benzene rings is 4. The molecule has 0 fully saturated rings. The van der Waals surface area contributed by atoms with Gasteiger partial charge in [-0.15, -0.1) is 0 Å². The van der Waals surface area contributed by atoms with Crippen LogP contribution in [-0.4, -0.2) is 23.7 Å². The smallest absolute Gasteiger partial charge is 0.334 e. The van der Waals surface area contributed by atoms with Gasteiger partial charge >= 0.3 is 21.1 Å². The largest absolute Gasteiger partial charge is 2.00 e. The fourth-order valence-corrected chi connectivity index (χ4v) is 5.86. The van der Waals surface area contributed by atoms with Crippen molar-refractivity contribution < 1.29 is 21.1 Å². The Morgan fingerprint density at radius 3 is 2.03 bits per heavy atom. The molecule has 0 aliphatic rings. The van der Waals surface area contributed by atoms with Crippen LogP contribution in [0.15, 0.2) is 122 Å². The first-order valence-electron chi connectivity index (χ1n) is 12.7. The van der Waals surface area contributed by atoms with Gasteiger partial charge in [0.25, 0.3) is 0 Å². The summed E-state index contributed by atoms with van der Waals surface area (Å²) in [5.74, 6) is 0.949. The van der Waals surface area contributed by atoms with E-state index in [1.54, 1.807) is 0 Å². The van der Waals surface area contributed by atoms with E-state index in [1.807, 2.05) is 31.7 Å². The van der Waals surface area contributed by atoms with Crippen LogP contribution in [0, 0.1) is 0 Å². The fourth-order valence-electron chi connectivity index (χ4n) is 5.86. The number of fused-ring (bicyclic) bond motifs is 6. The summed E-state index contributed by atoms with van der Waals surface area (Å²) < 4.78 is 6.69. The number of para-hydroxylation sites is 2. The normalized spacial score (nSPS) is 11.5. The van der Waals surface area contributed by atoms with Crippen LogP contribution in [0.4, 0.5) is 0 Å². The van der Waals surface area contributed by atoms with Gasteiger partial charge < -0.3 is 9.13 Å². The van der Waals surface area contributed by atoms with Gasteiger partial charge in [-0.3, -0.25) is 4.57 Å². The SMILES string of the molecule is Cn1ccnc1-c1cccc(-n2c3ccccc3c3ccc(-n4c5ccccc5c5cccnc54)cc32)c1.[Pt+2]. The number of pyridine rings is 1. The molecule has 39 heavy (non-hydrogen) atoms. The van der Waals surface area contributed by atoms with Crippen LogP contribution in [0.25, 0.3) is 66.5 Å². The van der Waals surface area contributed by atoms with E-state index in [9.17, 15) is 0 Å². The third-order valence-electron chi connectivity index (χ3n) is 7.53. The molecule has 4 heterocycles. The van der Waals surface area contributed by atoms with E-state index in [0.717, 1.165) is 44.8 Å². The second-order valence-corrected chi connectivity index (χ2v) is 9.69. The molecule has 0 amide bonds. The van der Waals surface area contributed by atoms with Crippen LogP contribution in [-0.2, 0) is 28.1 Å². The average molecular weight is 685 g/mol. The van der Waals surface area contributed by atoms with Gasteiger partial charge in [-0.25, -0.2) is 9.97 Å². The summed E-state index contributed by atoms with van der Waals surface area (Å²) in [4.78, 5) is 9.38. The van der Waals surface area contributed by atoms with Crippen LogP contribution in [0.2, 0.25) is 0 Å². The maximum absolute atomic E-state index is 4.79. The molecule has 0 bridgehead atoms. The molecule has 0 N–H and O–H groups in total. The topological polar surface area (TPSA) is 40.6 Å². The number of hydrogen-bond acceptors (Lipinski definition) is 2. The quantitative estimate of drug-likeness (QED) is 0.192. The summed E-state index contributed by atoms with van der Waals surface area (Å²) >= 11 is 0. The van der Waals surface area contributed by atoms with Crippen molar-refractivity contribution in [2.75, 3.05) is 0 Å². The molecule has 0 saturated carbocycles. The number of imidazole rings is 1. The van der Waals surface area contributed by atoms with Gasteiger partial charge in [0, 0.05) is 64.1 Å². The van der Waals surface area contributed by atoms with Crippen molar-refractivity contribution in [2.24, 2.45) is 7.05 Å². The Morgan fingerprint density at radius 2 is 1.23 bits per heavy atom. The number of aromatic nitrogens is 5. The molecule has 0 unspecified atom stereocenters. The summed E-state index contributed by atoms with van der Waals surface area (Å²) in [6.45, 7) is 0. The molecular formula is C33H23N5Pt+2. The Hall–Kier alpha value is -4.47. The molecule has 4 aromatic carbocycles. The minimum absolute atomic E-state index is 0. The molecule has 0 saturated heterocycles. The van der Waals surface area contributed by atoms with Crippen molar-refractivity contribution in [2.45, 2.75) is 0 Å². The second-order valence-electron chi connectivity index (χ2n) is 9.69. The molecule has 4 aromatic heterocycles. The Balaban J connectivity index is 0.00000253. The van der Waals surface area contributed by atoms with E-state index >= 15 is 0 Å². The molecule has 5 nitrogen and oxygen atoms in total. The molecule has 8 aromatic rings. The number of nitrogens with zero attached hydrogens (tertiary/aromatic N) is 5. The first-order chi connectivity index (χ1) is 18.8. The van der Waals surface area contributed by atoms with Crippen LogP contribution >= 0.6 is 0 Å². The summed E-state index contributed by atoms with van der Waals surface area (Å²) in [5.41, 5.74) is 7.73. The molecular weight excluding hydrogens is 661 g/mol. The van der Waals surface area contributed by atoms with Crippen molar-refractivity contribution in [1.82, 2.24) is 23.7 Å². The third kappa shape index (κ3) is 3.50. The van der Waals surface area contributed by atoms with Gasteiger partial charge in [-0.2, -0.15) is 0 Å². The van der Waals surface area contributed by atoms with Crippen LogP contribution < -0.4 is 0 Å². The minimum atomic E-state index is 0. The Bertz CT molecular complexity index is 2110. The maximum Gasteiger partial charge on any atom is 2.00 e. The summed E-state index contributed by atoms with van der Waals surface area (Å²) in [6.07, 6.45) is 5.69. The monoisotopic (exact) mass is 684 g/mol. The van der Waals surface area contributed by atoms with E-state index in [0.29, 0.717) is 0 Å². The average Bonchev–Trinajstić information content (AvgIpc) is 3.64. The molecule has 0 aliphatic carbocycles. The molecule has 8 rings (SSSR count). The molecule has 6 heteroatoms. The maximum atomic E-state index is 4.79. The number of hydrogen-bond donors (Lipinski definition) is 0. The molecule has 0 radical (unpaired) electrons. The zero-order valence-corrected chi connectivity index (χ0v) is 23.4. The molecule has 0 spiro atoms. The predicted octanol–water partition coefficient (Wildman–Crippen LogP) is 7.67. The van der Waals surface area contributed by atoms with Gasteiger partial charge in [-0.05, 0) is 48.5 Å². The van der Waals surface area contributed by atoms with Crippen LogP contribution in [0.5, 0.6) is 0 Å². The van der Waals surface area contributed by atoms with E-state index in [2.05, 4.69) is 116 Å². The summed E-state index contributed by atoms with van der Waals surface area (Å²) in [7, 11) is 2.03. The van der Waals surface area contributed by atoms with Crippen molar-refractivity contribution >= 4 is 43.7 Å². The first kappa shape index (κ1) is 23.6. The Morgan fingerprint density at radius 1 is 0.538 bits per heavy atom. The van der Waals surface area contributed by atoms with Gasteiger partial charge in [0.2, 0.25) is 0 Å². The molecule has 0 aliphatic heterocycles.